The number of rotatable bonds is 6. The molecular formula is C20H23FN6O. The Morgan fingerprint density at radius 2 is 2.14 bits per heavy atom. The zero-order valence-corrected chi connectivity index (χ0v) is 15.5. The van der Waals surface area contributed by atoms with Crippen LogP contribution >= 0.6 is 0 Å². The zero-order valence-electron chi connectivity index (χ0n) is 15.5. The molecule has 1 saturated heterocycles. The Hall–Kier alpha value is -3.00. The number of halogens is 1. The average Bonchev–Trinajstić information content (AvgIpc) is 3.27. The maximum absolute atomic E-state index is 14.4. The van der Waals surface area contributed by atoms with Crippen molar-refractivity contribution in [1.82, 2.24) is 19.5 Å². The van der Waals surface area contributed by atoms with Crippen molar-refractivity contribution in [3.05, 3.63) is 60.7 Å². The lowest BCUT2D eigenvalue weighted by Gasteiger charge is -2.35. The standard InChI is InChI=1S/C20H23FN6O/c21-17-9-15(4-5-18(17)26-8-6-22-14-26)11-23-19-10-20(25-13-24-19)27-7-2-1-3-16(27)12-28/h4-6,8-10,13-14,16,28H,1-3,7,11-12H2,(H,23,24,25). The molecule has 1 unspecified atom stereocenters. The molecule has 7 nitrogen and oxygen atoms in total. The number of anilines is 2. The third-order valence-electron chi connectivity index (χ3n) is 5.05. The van der Waals surface area contributed by atoms with E-state index < -0.39 is 0 Å². The van der Waals surface area contributed by atoms with Crippen molar-refractivity contribution in [2.24, 2.45) is 0 Å². The maximum Gasteiger partial charge on any atom is 0.147 e. The lowest BCUT2D eigenvalue weighted by molar-refractivity contribution is 0.239. The fourth-order valence-electron chi connectivity index (χ4n) is 3.56. The minimum Gasteiger partial charge on any atom is -0.394 e. The largest absolute Gasteiger partial charge is 0.394 e. The molecule has 1 fully saturated rings. The molecule has 3 aromatic rings. The molecule has 2 N–H and O–H groups in total. The molecule has 0 spiro atoms. The molecule has 2 aromatic heterocycles. The van der Waals surface area contributed by atoms with Crippen LogP contribution in [0.4, 0.5) is 16.0 Å². The highest BCUT2D eigenvalue weighted by Gasteiger charge is 2.23. The number of aromatic nitrogens is 4. The van der Waals surface area contributed by atoms with Gasteiger partial charge in [-0.15, -0.1) is 0 Å². The molecule has 8 heteroatoms. The third kappa shape index (κ3) is 3.96. The van der Waals surface area contributed by atoms with Crippen LogP contribution in [0.15, 0.2) is 49.3 Å². The second kappa shape index (κ2) is 8.35. The zero-order chi connectivity index (χ0) is 19.3. The molecule has 3 heterocycles. The van der Waals surface area contributed by atoms with Gasteiger partial charge in [0, 0.05) is 31.5 Å². The first-order chi connectivity index (χ1) is 13.7. The normalized spacial score (nSPS) is 16.9. The van der Waals surface area contributed by atoms with E-state index in [9.17, 15) is 9.50 Å². The number of nitrogens with zero attached hydrogens (tertiary/aromatic N) is 5. The van der Waals surface area contributed by atoms with Crippen LogP contribution in [0.5, 0.6) is 0 Å². The van der Waals surface area contributed by atoms with E-state index in [4.69, 9.17) is 0 Å². The molecule has 1 atom stereocenters. The fraction of sp³-hybridized carbons (Fsp3) is 0.350. The number of hydrogen-bond acceptors (Lipinski definition) is 6. The summed E-state index contributed by atoms with van der Waals surface area (Å²) in [6.45, 7) is 1.44. The van der Waals surface area contributed by atoms with Crippen molar-refractivity contribution in [3.8, 4) is 5.69 Å². The minimum atomic E-state index is -0.306. The molecule has 0 bridgehead atoms. The summed E-state index contributed by atoms with van der Waals surface area (Å²) in [5.41, 5.74) is 1.28. The first-order valence-electron chi connectivity index (χ1n) is 9.45. The Morgan fingerprint density at radius 1 is 1.21 bits per heavy atom. The Morgan fingerprint density at radius 3 is 2.93 bits per heavy atom. The lowest BCUT2D eigenvalue weighted by atomic mass is 10.0. The number of aliphatic hydroxyl groups is 1. The molecule has 28 heavy (non-hydrogen) atoms. The maximum atomic E-state index is 14.4. The highest BCUT2D eigenvalue weighted by Crippen LogP contribution is 2.24. The van der Waals surface area contributed by atoms with E-state index in [0.717, 1.165) is 37.2 Å². The van der Waals surface area contributed by atoms with E-state index >= 15 is 0 Å². The predicted octanol–water partition coefficient (Wildman–Crippen LogP) is 2.76. The van der Waals surface area contributed by atoms with Crippen molar-refractivity contribution >= 4 is 11.6 Å². The summed E-state index contributed by atoms with van der Waals surface area (Å²) in [5, 5.41) is 12.8. The Balaban J connectivity index is 1.44. The molecule has 1 aliphatic heterocycles. The second-order valence-electron chi connectivity index (χ2n) is 6.90. The van der Waals surface area contributed by atoms with Gasteiger partial charge >= 0.3 is 0 Å². The van der Waals surface area contributed by atoms with Crippen LogP contribution < -0.4 is 10.2 Å². The van der Waals surface area contributed by atoms with E-state index in [-0.39, 0.29) is 18.5 Å². The van der Waals surface area contributed by atoms with Gasteiger partial charge in [-0.05, 0) is 37.0 Å². The van der Waals surface area contributed by atoms with Gasteiger partial charge in [0.2, 0.25) is 0 Å². The van der Waals surface area contributed by atoms with Crippen LogP contribution in [0.2, 0.25) is 0 Å². The monoisotopic (exact) mass is 382 g/mol. The number of piperidine rings is 1. The molecule has 146 valence electrons. The first kappa shape index (κ1) is 18.4. The first-order valence-corrected chi connectivity index (χ1v) is 9.45. The van der Waals surface area contributed by atoms with E-state index in [2.05, 4.69) is 25.2 Å². The van der Waals surface area contributed by atoms with E-state index in [1.165, 1.54) is 12.4 Å². The molecule has 4 rings (SSSR count). The number of benzene rings is 1. The van der Waals surface area contributed by atoms with E-state index in [0.29, 0.717) is 18.1 Å². The van der Waals surface area contributed by atoms with E-state index in [1.807, 2.05) is 12.1 Å². The van der Waals surface area contributed by atoms with Crippen molar-refractivity contribution in [3.63, 3.8) is 0 Å². The third-order valence-corrected chi connectivity index (χ3v) is 5.05. The quantitative estimate of drug-likeness (QED) is 0.683. The Kier molecular flexibility index (Phi) is 5.48. The van der Waals surface area contributed by atoms with Crippen LogP contribution in [0, 0.1) is 5.82 Å². The summed E-state index contributed by atoms with van der Waals surface area (Å²) in [6, 6.07) is 7.10. The minimum absolute atomic E-state index is 0.0984. The summed E-state index contributed by atoms with van der Waals surface area (Å²) in [7, 11) is 0. The summed E-state index contributed by atoms with van der Waals surface area (Å²) in [4.78, 5) is 14.7. The van der Waals surface area contributed by atoms with Crippen LogP contribution in [-0.2, 0) is 6.54 Å². The second-order valence-corrected chi connectivity index (χ2v) is 6.90. The molecule has 1 aliphatic rings. The highest BCUT2D eigenvalue weighted by atomic mass is 19.1. The van der Waals surface area contributed by atoms with Crippen molar-refractivity contribution in [2.45, 2.75) is 31.8 Å². The molecule has 0 radical (unpaired) electrons. The Labute approximate surface area is 162 Å². The summed E-state index contributed by atoms with van der Waals surface area (Å²) in [6.07, 6.45) is 9.59. The average molecular weight is 382 g/mol. The number of aliphatic hydroxyl groups excluding tert-OH is 1. The lowest BCUT2D eigenvalue weighted by Crippen LogP contribution is -2.42. The molecule has 0 amide bonds. The van der Waals surface area contributed by atoms with Gasteiger partial charge in [0.1, 0.15) is 23.8 Å². The fourth-order valence-corrected chi connectivity index (χ4v) is 3.56. The van der Waals surface area contributed by atoms with Crippen LogP contribution in [0.1, 0.15) is 24.8 Å². The van der Waals surface area contributed by atoms with Crippen molar-refractivity contribution < 1.29 is 9.50 Å². The smallest absolute Gasteiger partial charge is 0.147 e. The molecule has 1 aromatic carbocycles. The van der Waals surface area contributed by atoms with Gasteiger partial charge in [-0.25, -0.2) is 19.3 Å². The SMILES string of the molecule is OCC1CCCCN1c1cc(NCc2ccc(-n3ccnc3)c(F)c2)ncn1. The van der Waals surface area contributed by atoms with Crippen LogP contribution in [0.25, 0.3) is 5.69 Å². The van der Waals surface area contributed by atoms with Gasteiger partial charge in [0.15, 0.2) is 0 Å². The number of hydrogen-bond donors (Lipinski definition) is 2. The summed E-state index contributed by atoms with van der Waals surface area (Å²) >= 11 is 0. The number of imidazole rings is 1. The van der Waals surface area contributed by atoms with Gasteiger partial charge in [0.05, 0.1) is 24.7 Å². The predicted molar refractivity (Wildman–Crippen MR) is 105 cm³/mol. The van der Waals surface area contributed by atoms with Crippen LogP contribution in [0.3, 0.4) is 0 Å². The van der Waals surface area contributed by atoms with Gasteiger partial charge in [-0.3, -0.25) is 0 Å². The summed E-state index contributed by atoms with van der Waals surface area (Å²) in [5.74, 6) is 1.17. The van der Waals surface area contributed by atoms with Gasteiger partial charge in [-0.1, -0.05) is 6.07 Å². The summed E-state index contributed by atoms with van der Waals surface area (Å²) < 4.78 is 16.0. The van der Waals surface area contributed by atoms with Crippen LogP contribution in [-0.4, -0.2) is 43.8 Å². The van der Waals surface area contributed by atoms with Gasteiger partial charge < -0.3 is 19.9 Å². The molecule has 0 saturated carbocycles. The topological polar surface area (TPSA) is 79.1 Å². The van der Waals surface area contributed by atoms with Gasteiger partial charge in [0.25, 0.3) is 0 Å². The molecule has 0 aliphatic carbocycles. The van der Waals surface area contributed by atoms with Gasteiger partial charge in [-0.2, -0.15) is 0 Å². The van der Waals surface area contributed by atoms with Crippen molar-refractivity contribution in [2.75, 3.05) is 23.4 Å². The Bertz CT molecular complexity index is 917. The van der Waals surface area contributed by atoms with E-state index in [1.54, 1.807) is 29.4 Å². The van der Waals surface area contributed by atoms with Crippen molar-refractivity contribution in [1.29, 1.82) is 0 Å². The number of nitrogens with one attached hydrogen (secondary N) is 1. The molecular weight excluding hydrogens is 359 g/mol. The highest BCUT2D eigenvalue weighted by molar-refractivity contribution is 5.50.